The molecule has 0 unspecified atom stereocenters. The van der Waals surface area contributed by atoms with Crippen LogP contribution in [-0.4, -0.2) is 4.66 Å². The van der Waals surface area contributed by atoms with Crippen LogP contribution in [0.2, 0.25) is 0 Å². The molecule has 0 saturated heterocycles. The van der Waals surface area contributed by atoms with Crippen LogP contribution in [0, 0.1) is 5.92 Å². The van der Waals surface area contributed by atoms with Crippen molar-refractivity contribution in [3.05, 3.63) is 0 Å². The van der Waals surface area contributed by atoms with Gasteiger partial charge in [-0.05, 0) is 5.92 Å². The molecule has 0 bridgehead atoms. The second-order valence-corrected chi connectivity index (χ2v) is 2.74. The Morgan fingerprint density at radius 2 is 1.56 bits per heavy atom. The van der Waals surface area contributed by atoms with Crippen molar-refractivity contribution in [2.75, 3.05) is 0 Å². The number of hydrogen-bond acceptors (Lipinski definition) is 1. The van der Waals surface area contributed by atoms with Gasteiger partial charge in [-0.2, -0.15) is 0 Å². The largest absolute Gasteiger partial charge is 0.295 e. The van der Waals surface area contributed by atoms with Gasteiger partial charge < -0.3 is 0 Å². The van der Waals surface area contributed by atoms with E-state index in [0.717, 1.165) is 5.92 Å². The Labute approximate surface area is 62.2 Å². The highest BCUT2D eigenvalue weighted by Crippen LogP contribution is 2.21. The minimum Gasteiger partial charge on any atom is -0.295 e. The van der Waals surface area contributed by atoms with E-state index in [1.807, 2.05) is 0 Å². The fourth-order valence-electron chi connectivity index (χ4n) is 1.31. The molecule has 2 heteroatoms. The molecule has 1 saturated carbocycles. The van der Waals surface area contributed by atoms with Gasteiger partial charge in [0, 0.05) is 0 Å². The van der Waals surface area contributed by atoms with E-state index in [2.05, 4.69) is 18.8 Å². The highest BCUT2D eigenvalue weighted by atomic mass is 35.5. The molecule has 1 N–H and O–H groups in total. The van der Waals surface area contributed by atoms with Crippen LogP contribution >= 0.6 is 11.9 Å². The predicted molar refractivity (Wildman–Crippen MR) is 40.3 cm³/mol. The second-order valence-electron chi connectivity index (χ2n) is 2.74. The van der Waals surface area contributed by atoms with Gasteiger partial charge in [0.25, 0.3) is 0 Å². The molecule has 0 radical (unpaired) electrons. The Hall–Kier alpha value is 0.250. The molecular formula is C7H15ClO. The zero-order chi connectivity index (χ0) is 7.11. The van der Waals surface area contributed by atoms with Crippen LogP contribution in [0.1, 0.15) is 39.0 Å². The molecule has 0 aromatic rings. The minimum absolute atomic E-state index is 1.04. The van der Waals surface area contributed by atoms with E-state index in [1.165, 1.54) is 32.1 Å². The first-order valence-electron chi connectivity index (χ1n) is 3.56. The number of halogens is 1. The maximum atomic E-state index is 6.47. The molecule has 0 aromatic carbocycles. The van der Waals surface area contributed by atoms with Crippen LogP contribution in [0.4, 0.5) is 0 Å². The van der Waals surface area contributed by atoms with Crippen molar-refractivity contribution in [3.8, 4) is 0 Å². The lowest BCUT2D eigenvalue weighted by Gasteiger charge is -2.15. The SMILES string of the molecule is CC1CCCCC1.OCl. The number of rotatable bonds is 0. The van der Waals surface area contributed by atoms with E-state index in [4.69, 9.17) is 4.66 Å². The number of hydrogen-bond donors (Lipinski definition) is 1. The third kappa shape index (κ3) is 4.73. The van der Waals surface area contributed by atoms with Crippen molar-refractivity contribution in [3.63, 3.8) is 0 Å². The Kier molecular flexibility index (Phi) is 6.55. The van der Waals surface area contributed by atoms with Crippen molar-refractivity contribution in [2.45, 2.75) is 39.0 Å². The zero-order valence-electron chi connectivity index (χ0n) is 5.94. The fraction of sp³-hybridized carbons (Fsp3) is 1.00. The van der Waals surface area contributed by atoms with Crippen LogP contribution in [0.5, 0.6) is 0 Å². The van der Waals surface area contributed by atoms with E-state index in [-0.39, 0.29) is 0 Å². The maximum absolute atomic E-state index is 6.47. The van der Waals surface area contributed by atoms with E-state index in [9.17, 15) is 0 Å². The summed E-state index contributed by atoms with van der Waals surface area (Å²) in [7, 11) is 0. The van der Waals surface area contributed by atoms with Crippen molar-refractivity contribution in [2.24, 2.45) is 5.92 Å². The summed E-state index contributed by atoms with van der Waals surface area (Å²) < 4.78 is 6.47. The maximum Gasteiger partial charge on any atom is 0.0579 e. The van der Waals surface area contributed by atoms with Gasteiger partial charge in [-0.3, -0.25) is 4.66 Å². The highest BCUT2D eigenvalue weighted by molar-refractivity contribution is 6.04. The summed E-state index contributed by atoms with van der Waals surface area (Å²) in [6.45, 7) is 2.36. The average Bonchev–Trinajstić information content (AvgIpc) is 1.94. The minimum atomic E-state index is 1.04. The van der Waals surface area contributed by atoms with Gasteiger partial charge >= 0.3 is 0 Å². The molecule has 0 heterocycles. The predicted octanol–water partition coefficient (Wildman–Crippen LogP) is 2.72. The summed E-state index contributed by atoms with van der Waals surface area (Å²) in [5, 5.41) is 0. The molecular weight excluding hydrogens is 136 g/mol. The average molecular weight is 151 g/mol. The van der Waals surface area contributed by atoms with Crippen molar-refractivity contribution >= 4 is 11.9 Å². The molecule has 1 aliphatic carbocycles. The first-order valence-corrected chi connectivity index (χ1v) is 3.90. The Morgan fingerprint density at radius 1 is 1.11 bits per heavy atom. The van der Waals surface area contributed by atoms with Crippen molar-refractivity contribution in [1.82, 2.24) is 0 Å². The van der Waals surface area contributed by atoms with Gasteiger partial charge in [0.15, 0.2) is 0 Å². The Morgan fingerprint density at radius 3 is 1.78 bits per heavy atom. The monoisotopic (exact) mass is 150 g/mol. The first kappa shape index (κ1) is 9.25. The topological polar surface area (TPSA) is 20.2 Å². The van der Waals surface area contributed by atoms with Gasteiger partial charge in [0.05, 0.1) is 11.9 Å². The highest BCUT2D eigenvalue weighted by Gasteiger charge is 2.05. The van der Waals surface area contributed by atoms with E-state index in [0.29, 0.717) is 0 Å². The molecule has 0 aromatic heterocycles. The zero-order valence-corrected chi connectivity index (χ0v) is 6.69. The Bertz CT molecular complexity index is 50.9. The van der Waals surface area contributed by atoms with Gasteiger partial charge in [-0.1, -0.05) is 39.0 Å². The molecule has 1 nitrogen and oxygen atoms in total. The van der Waals surface area contributed by atoms with Crippen LogP contribution < -0.4 is 0 Å². The van der Waals surface area contributed by atoms with Gasteiger partial charge in [-0.15, -0.1) is 0 Å². The second kappa shape index (κ2) is 6.37. The van der Waals surface area contributed by atoms with Crippen molar-refractivity contribution < 1.29 is 4.66 Å². The summed E-state index contributed by atoms with van der Waals surface area (Å²) in [5.74, 6) is 1.04. The summed E-state index contributed by atoms with van der Waals surface area (Å²) >= 11 is 3.64. The van der Waals surface area contributed by atoms with Crippen LogP contribution in [0.3, 0.4) is 0 Å². The van der Waals surface area contributed by atoms with Gasteiger partial charge in [0.2, 0.25) is 0 Å². The molecule has 9 heavy (non-hydrogen) atoms. The van der Waals surface area contributed by atoms with Gasteiger partial charge in [0.1, 0.15) is 0 Å². The summed E-state index contributed by atoms with van der Waals surface area (Å²) in [5.41, 5.74) is 0. The Balaban J connectivity index is 0.000000291. The fourth-order valence-corrected chi connectivity index (χ4v) is 1.31. The third-order valence-corrected chi connectivity index (χ3v) is 1.89. The quantitative estimate of drug-likeness (QED) is 0.563. The molecule has 0 spiro atoms. The molecule has 0 aliphatic heterocycles. The lowest BCUT2D eigenvalue weighted by Crippen LogP contribution is -1.99. The molecule has 1 fully saturated rings. The first-order chi connectivity index (χ1) is 4.39. The summed E-state index contributed by atoms with van der Waals surface area (Å²) in [4.78, 5) is 0. The van der Waals surface area contributed by atoms with Crippen LogP contribution in [0.25, 0.3) is 0 Å². The normalized spacial score (nSPS) is 20.3. The molecule has 1 rings (SSSR count). The van der Waals surface area contributed by atoms with Crippen LogP contribution in [0.15, 0.2) is 0 Å². The molecule has 0 amide bonds. The van der Waals surface area contributed by atoms with Gasteiger partial charge in [-0.25, -0.2) is 0 Å². The third-order valence-electron chi connectivity index (χ3n) is 1.89. The van der Waals surface area contributed by atoms with E-state index < -0.39 is 0 Å². The lowest BCUT2D eigenvalue weighted by molar-refractivity contribution is 0.385. The standard InChI is InChI=1S/C7H14.ClHO/c1-7-5-3-2-4-6-7;1-2/h7H,2-6H2,1H3;2H. The molecule has 56 valence electrons. The van der Waals surface area contributed by atoms with Crippen LogP contribution in [-0.2, 0) is 0 Å². The van der Waals surface area contributed by atoms with E-state index in [1.54, 1.807) is 0 Å². The summed E-state index contributed by atoms with van der Waals surface area (Å²) in [6.07, 6.45) is 7.44. The van der Waals surface area contributed by atoms with E-state index >= 15 is 0 Å². The molecule has 1 aliphatic rings. The van der Waals surface area contributed by atoms with Crippen molar-refractivity contribution in [1.29, 1.82) is 0 Å². The lowest BCUT2D eigenvalue weighted by atomic mass is 9.91. The molecule has 0 atom stereocenters. The smallest absolute Gasteiger partial charge is 0.0579 e. The summed E-state index contributed by atoms with van der Waals surface area (Å²) in [6, 6.07) is 0.